The van der Waals surface area contributed by atoms with Crippen LogP contribution in [-0.2, 0) is 0 Å². The lowest BCUT2D eigenvalue weighted by molar-refractivity contribution is 0.486. The van der Waals surface area contributed by atoms with Crippen LogP contribution in [0.4, 0.5) is 0 Å². The average molecular weight is 428 g/mol. The van der Waals surface area contributed by atoms with Gasteiger partial charge in [0.1, 0.15) is 11.5 Å². The Morgan fingerprint density at radius 2 is 1.03 bits per heavy atom. The van der Waals surface area contributed by atoms with Gasteiger partial charge in [-0.2, -0.15) is 0 Å². The highest BCUT2D eigenvalue weighted by molar-refractivity contribution is 7.28. The molecule has 0 fully saturated rings. The highest BCUT2D eigenvalue weighted by atomic mass is 31.0. The van der Waals surface area contributed by atoms with Gasteiger partial charge in [0.15, 0.2) is 0 Å². The molecule has 0 bridgehead atoms. The lowest BCUT2D eigenvalue weighted by Crippen LogP contribution is -2.00. The summed E-state index contributed by atoms with van der Waals surface area (Å²) in [4.78, 5) is 0. The summed E-state index contributed by atoms with van der Waals surface area (Å²) in [7, 11) is 2.92. The number of hydrogen-bond acceptors (Lipinski definition) is 1. The first-order valence-electron chi connectivity index (χ1n) is 10.7. The Bertz CT molecular complexity index is 1620. The van der Waals surface area contributed by atoms with Gasteiger partial charge in [-0.05, 0) is 55.8 Å². The summed E-state index contributed by atoms with van der Waals surface area (Å²) in [5.41, 5.74) is 2.32. The molecule has 1 unspecified atom stereocenters. The molecule has 0 aliphatic rings. The summed E-state index contributed by atoms with van der Waals surface area (Å²) < 4.78 is 6.57. The predicted molar refractivity (Wildman–Crippen MR) is 140 cm³/mol. The van der Waals surface area contributed by atoms with Crippen LogP contribution in [0, 0.1) is 0 Å². The maximum Gasteiger partial charge on any atom is 0.135 e. The second kappa shape index (κ2) is 7.79. The zero-order valence-corrected chi connectivity index (χ0v) is 18.6. The third-order valence-electron chi connectivity index (χ3n) is 6.05. The molecule has 0 saturated carbocycles. The molecule has 2 heteroatoms. The van der Waals surface area contributed by atoms with E-state index in [1.54, 1.807) is 0 Å². The van der Waals surface area contributed by atoms with Crippen molar-refractivity contribution < 1.29 is 4.74 Å². The van der Waals surface area contributed by atoms with Crippen molar-refractivity contribution in [2.24, 2.45) is 0 Å². The molecule has 6 aromatic rings. The monoisotopic (exact) mass is 428 g/mol. The summed E-state index contributed by atoms with van der Waals surface area (Å²) in [6.07, 6.45) is 0. The Morgan fingerprint density at radius 3 is 1.78 bits per heavy atom. The molecule has 0 spiro atoms. The molecule has 0 aliphatic heterocycles. The number of hydrogen-bond donors (Lipinski definition) is 0. The molecule has 32 heavy (non-hydrogen) atoms. The third kappa shape index (κ3) is 3.23. The van der Waals surface area contributed by atoms with Crippen LogP contribution in [0.5, 0.6) is 11.5 Å². The van der Waals surface area contributed by atoms with Crippen LogP contribution in [0.3, 0.4) is 0 Å². The molecule has 6 rings (SSSR count). The molecule has 1 atom stereocenters. The molecule has 0 aromatic heterocycles. The van der Waals surface area contributed by atoms with E-state index in [-0.39, 0.29) is 0 Å². The van der Waals surface area contributed by atoms with Crippen molar-refractivity contribution in [2.45, 2.75) is 0 Å². The number of rotatable bonds is 3. The lowest BCUT2D eigenvalue weighted by atomic mass is 9.93. The third-order valence-corrected chi connectivity index (χ3v) is 6.53. The van der Waals surface area contributed by atoms with Gasteiger partial charge in [-0.3, -0.25) is 0 Å². The zero-order valence-electron chi connectivity index (χ0n) is 17.5. The Balaban J connectivity index is 1.62. The highest BCUT2D eigenvalue weighted by Gasteiger charge is 2.17. The Kier molecular flexibility index (Phi) is 4.63. The molecular weight excluding hydrogens is 407 g/mol. The van der Waals surface area contributed by atoms with Gasteiger partial charge in [0.2, 0.25) is 0 Å². The van der Waals surface area contributed by atoms with Crippen molar-refractivity contribution in [2.75, 3.05) is 0 Å². The Morgan fingerprint density at radius 1 is 0.469 bits per heavy atom. The summed E-state index contributed by atoms with van der Waals surface area (Å²) in [5, 5.41) is 8.36. The lowest BCUT2D eigenvalue weighted by Gasteiger charge is -2.18. The van der Waals surface area contributed by atoms with E-state index in [0.717, 1.165) is 22.4 Å². The molecular formula is C30H21OP. The van der Waals surface area contributed by atoms with E-state index in [1.807, 2.05) is 6.07 Å². The fourth-order valence-electron chi connectivity index (χ4n) is 4.52. The van der Waals surface area contributed by atoms with E-state index < -0.39 is 0 Å². The zero-order chi connectivity index (χ0) is 21.5. The maximum absolute atomic E-state index is 6.57. The number of fused-ring (bicyclic) bond motifs is 3. The van der Waals surface area contributed by atoms with Gasteiger partial charge >= 0.3 is 0 Å². The van der Waals surface area contributed by atoms with Crippen molar-refractivity contribution in [3.63, 3.8) is 0 Å². The SMILES string of the molecule is Pc1ccc2ccccc2c1-c1c(Oc2ccc3ccccc3c2)ccc2ccccc12. The average Bonchev–Trinajstić information content (AvgIpc) is 2.84. The second-order valence-electron chi connectivity index (χ2n) is 8.02. The van der Waals surface area contributed by atoms with E-state index in [0.29, 0.717) is 0 Å². The van der Waals surface area contributed by atoms with Crippen molar-refractivity contribution >= 4 is 46.9 Å². The molecule has 152 valence electrons. The fourth-order valence-corrected chi connectivity index (χ4v) is 4.92. The topological polar surface area (TPSA) is 9.23 Å². The summed E-state index contributed by atoms with van der Waals surface area (Å²) in [6, 6.07) is 40.3. The molecule has 0 amide bonds. The fraction of sp³-hybridized carbons (Fsp3) is 0. The molecule has 0 heterocycles. The van der Waals surface area contributed by atoms with Crippen LogP contribution < -0.4 is 10.0 Å². The highest BCUT2D eigenvalue weighted by Crippen LogP contribution is 2.42. The van der Waals surface area contributed by atoms with E-state index in [9.17, 15) is 0 Å². The molecule has 0 radical (unpaired) electrons. The second-order valence-corrected chi connectivity index (χ2v) is 8.64. The van der Waals surface area contributed by atoms with Crippen molar-refractivity contribution in [3.8, 4) is 22.6 Å². The van der Waals surface area contributed by atoms with Gasteiger partial charge < -0.3 is 4.74 Å². The van der Waals surface area contributed by atoms with Crippen LogP contribution >= 0.6 is 9.24 Å². The van der Waals surface area contributed by atoms with Gasteiger partial charge in [0.05, 0.1) is 0 Å². The van der Waals surface area contributed by atoms with E-state index in [1.165, 1.54) is 37.9 Å². The molecule has 6 aromatic carbocycles. The van der Waals surface area contributed by atoms with Crippen LogP contribution in [0.2, 0.25) is 0 Å². The minimum atomic E-state index is 0.839. The summed E-state index contributed by atoms with van der Waals surface area (Å²) in [5.74, 6) is 1.70. The van der Waals surface area contributed by atoms with Crippen LogP contribution in [0.1, 0.15) is 0 Å². The smallest absolute Gasteiger partial charge is 0.135 e. The van der Waals surface area contributed by atoms with Gasteiger partial charge in [-0.25, -0.2) is 0 Å². The standard InChI is InChI=1S/C30H21OP/c32-28-18-15-22-9-4-6-12-26(22)30(28)29-25-11-5-3-8-21(25)14-17-27(29)31-24-16-13-20-7-1-2-10-23(20)19-24/h1-19H,32H2. The molecule has 0 N–H and O–H groups in total. The van der Waals surface area contributed by atoms with Gasteiger partial charge in [-0.15, -0.1) is 9.24 Å². The first-order valence-corrected chi connectivity index (χ1v) is 11.3. The van der Waals surface area contributed by atoms with Crippen LogP contribution in [0.25, 0.3) is 43.4 Å². The van der Waals surface area contributed by atoms with E-state index >= 15 is 0 Å². The first kappa shape index (κ1) is 19.0. The van der Waals surface area contributed by atoms with Gasteiger partial charge in [-0.1, -0.05) is 97.1 Å². The molecule has 1 nitrogen and oxygen atoms in total. The Hall–Kier alpha value is -3.67. The van der Waals surface area contributed by atoms with E-state index in [2.05, 4.69) is 118 Å². The number of benzene rings is 6. The normalized spacial score (nSPS) is 11.3. The van der Waals surface area contributed by atoms with Gasteiger partial charge in [0.25, 0.3) is 0 Å². The summed E-state index contributed by atoms with van der Waals surface area (Å²) >= 11 is 0. The predicted octanol–water partition coefficient (Wildman–Crippen LogP) is 8.11. The van der Waals surface area contributed by atoms with Crippen LogP contribution in [0.15, 0.2) is 115 Å². The van der Waals surface area contributed by atoms with Crippen molar-refractivity contribution in [3.05, 3.63) is 115 Å². The minimum Gasteiger partial charge on any atom is -0.457 e. The largest absolute Gasteiger partial charge is 0.457 e. The van der Waals surface area contributed by atoms with Crippen molar-refractivity contribution in [1.82, 2.24) is 0 Å². The first-order chi connectivity index (χ1) is 15.8. The number of ether oxygens (including phenoxy) is 1. The quantitative estimate of drug-likeness (QED) is 0.259. The van der Waals surface area contributed by atoms with Crippen LogP contribution in [-0.4, -0.2) is 0 Å². The minimum absolute atomic E-state index is 0.839. The molecule has 0 aliphatic carbocycles. The maximum atomic E-state index is 6.57. The van der Waals surface area contributed by atoms with Crippen molar-refractivity contribution in [1.29, 1.82) is 0 Å². The Labute approximate surface area is 189 Å². The van der Waals surface area contributed by atoms with E-state index in [4.69, 9.17) is 4.74 Å². The molecule has 0 saturated heterocycles. The van der Waals surface area contributed by atoms with Gasteiger partial charge in [0, 0.05) is 11.1 Å². The summed E-state index contributed by atoms with van der Waals surface area (Å²) in [6.45, 7) is 0.